The maximum Gasteiger partial charge on any atom is 0.310 e. The first-order chi connectivity index (χ1) is 14.0. The van der Waals surface area contributed by atoms with Gasteiger partial charge in [0.2, 0.25) is 0 Å². The van der Waals surface area contributed by atoms with Crippen molar-refractivity contribution in [1.29, 1.82) is 0 Å². The molecule has 6 heteroatoms. The minimum absolute atomic E-state index is 0.00497. The maximum atomic E-state index is 13.1. The van der Waals surface area contributed by atoms with Crippen molar-refractivity contribution >= 4 is 34.9 Å². The Morgan fingerprint density at radius 1 is 0.931 bits per heavy atom. The smallest absolute Gasteiger partial charge is 0.310 e. The monoisotopic (exact) mass is 411 g/mol. The van der Waals surface area contributed by atoms with Crippen LogP contribution in [0, 0.1) is 23.7 Å². The first-order valence-electron chi connectivity index (χ1n) is 9.84. The number of carbonyl (C=O) groups is 3. The lowest BCUT2D eigenvalue weighted by Crippen LogP contribution is -2.37. The minimum Gasteiger partial charge on any atom is -0.455 e. The maximum absolute atomic E-state index is 13.1. The second-order valence-electron chi connectivity index (χ2n) is 7.78. The third kappa shape index (κ3) is 4.20. The molecule has 2 aliphatic carbocycles. The highest BCUT2D eigenvalue weighted by Gasteiger charge is 2.54. The lowest BCUT2D eigenvalue weighted by molar-refractivity contribution is -0.154. The Bertz CT molecular complexity index is 912. The number of hydrogen-bond acceptors (Lipinski definition) is 4. The standard InChI is InChI=1S/C23H22ClNO4/c24-17-8-10-18(11-9-17)25-19(26)13-29-23(28)21-16-7-6-15(12-16)20(21)22(27)14-4-2-1-3-5-14/h1-5,8-11,15-16,20-21H,6-7,12-13H2,(H,25,26)/t15-,16-,20+,21-/m0/s1. The molecule has 4 rings (SSSR count). The predicted molar refractivity (Wildman–Crippen MR) is 110 cm³/mol. The van der Waals surface area contributed by atoms with Gasteiger partial charge >= 0.3 is 5.97 Å². The van der Waals surface area contributed by atoms with Crippen molar-refractivity contribution in [2.45, 2.75) is 19.3 Å². The molecular weight excluding hydrogens is 390 g/mol. The molecule has 4 atom stereocenters. The molecule has 2 saturated carbocycles. The van der Waals surface area contributed by atoms with Crippen LogP contribution in [0.3, 0.4) is 0 Å². The van der Waals surface area contributed by atoms with Gasteiger partial charge in [0.05, 0.1) is 5.92 Å². The molecule has 5 nitrogen and oxygen atoms in total. The van der Waals surface area contributed by atoms with Gasteiger partial charge in [0.15, 0.2) is 12.4 Å². The van der Waals surface area contributed by atoms with Crippen molar-refractivity contribution in [3.05, 3.63) is 65.2 Å². The van der Waals surface area contributed by atoms with E-state index in [9.17, 15) is 14.4 Å². The van der Waals surface area contributed by atoms with Crippen molar-refractivity contribution < 1.29 is 19.1 Å². The van der Waals surface area contributed by atoms with E-state index in [1.807, 2.05) is 18.2 Å². The third-order valence-electron chi connectivity index (χ3n) is 6.02. The molecule has 0 aromatic heterocycles. The zero-order valence-electron chi connectivity index (χ0n) is 15.8. The van der Waals surface area contributed by atoms with Crippen LogP contribution in [-0.4, -0.2) is 24.3 Å². The molecule has 0 aliphatic heterocycles. The summed E-state index contributed by atoms with van der Waals surface area (Å²) in [5.41, 5.74) is 1.20. The van der Waals surface area contributed by atoms with E-state index in [2.05, 4.69) is 5.32 Å². The number of fused-ring (bicyclic) bond motifs is 2. The van der Waals surface area contributed by atoms with E-state index in [-0.39, 0.29) is 30.1 Å². The van der Waals surface area contributed by atoms with Crippen molar-refractivity contribution in [1.82, 2.24) is 0 Å². The van der Waals surface area contributed by atoms with Gasteiger partial charge in [-0.05, 0) is 55.4 Å². The number of rotatable bonds is 6. The van der Waals surface area contributed by atoms with Crippen molar-refractivity contribution in [2.24, 2.45) is 23.7 Å². The van der Waals surface area contributed by atoms with Gasteiger partial charge in [-0.25, -0.2) is 0 Å². The van der Waals surface area contributed by atoms with Gasteiger partial charge < -0.3 is 10.1 Å². The Balaban J connectivity index is 1.39. The SMILES string of the molecule is O=C(COC(=O)[C@H]1[C@H]2CC[C@@H](C2)[C@H]1C(=O)c1ccccc1)Nc1ccc(Cl)cc1. The Morgan fingerprint density at radius 2 is 1.59 bits per heavy atom. The van der Waals surface area contributed by atoms with E-state index >= 15 is 0 Å². The predicted octanol–water partition coefficient (Wildman–Crippen LogP) is 4.37. The first kappa shape index (κ1) is 19.6. The fraction of sp³-hybridized carbons (Fsp3) is 0.348. The van der Waals surface area contributed by atoms with E-state index in [0.29, 0.717) is 16.3 Å². The topological polar surface area (TPSA) is 72.5 Å². The summed E-state index contributed by atoms with van der Waals surface area (Å²) in [7, 11) is 0. The normalized spacial score (nSPS) is 24.9. The fourth-order valence-electron chi connectivity index (χ4n) is 4.77. The Morgan fingerprint density at radius 3 is 2.28 bits per heavy atom. The number of hydrogen-bond donors (Lipinski definition) is 1. The van der Waals surface area contributed by atoms with Crippen LogP contribution in [0.1, 0.15) is 29.6 Å². The summed E-state index contributed by atoms with van der Waals surface area (Å²) in [5, 5.41) is 3.24. The van der Waals surface area contributed by atoms with E-state index < -0.39 is 17.8 Å². The van der Waals surface area contributed by atoms with Crippen LogP contribution in [0.2, 0.25) is 5.02 Å². The number of anilines is 1. The number of ketones is 1. The number of benzene rings is 2. The molecule has 1 N–H and O–H groups in total. The Labute approximate surface area is 174 Å². The second-order valence-corrected chi connectivity index (χ2v) is 8.21. The number of ether oxygens (including phenoxy) is 1. The molecule has 2 fully saturated rings. The largest absolute Gasteiger partial charge is 0.455 e. The zero-order valence-corrected chi connectivity index (χ0v) is 16.6. The molecule has 1 amide bonds. The third-order valence-corrected chi connectivity index (χ3v) is 6.28. The van der Waals surface area contributed by atoms with Gasteiger partial charge in [0.25, 0.3) is 5.91 Å². The van der Waals surface area contributed by atoms with E-state index in [0.717, 1.165) is 19.3 Å². The van der Waals surface area contributed by atoms with Gasteiger partial charge in [0, 0.05) is 22.2 Å². The number of esters is 1. The fourth-order valence-corrected chi connectivity index (χ4v) is 4.89. The van der Waals surface area contributed by atoms with Crippen LogP contribution < -0.4 is 5.32 Å². The molecule has 0 radical (unpaired) electrons. The lowest BCUT2D eigenvalue weighted by atomic mass is 9.75. The first-order valence-corrected chi connectivity index (χ1v) is 10.2. The number of amides is 1. The number of nitrogens with one attached hydrogen (secondary N) is 1. The number of halogens is 1. The summed E-state index contributed by atoms with van der Waals surface area (Å²) in [4.78, 5) is 38.0. The van der Waals surface area contributed by atoms with Crippen molar-refractivity contribution in [3.8, 4) is 0 Å². The average Bonchev–Trinajstić information content (AvgIpc) is 3.35. The summed E-state index contributed by atoms with van der Waals surface area (Å²) in [5.74, 6) is -1.32. The molecule has 150 valence electrons. The molecule has 0 spiro atoms. The van der Waals surface area contributed by atoms with E-state index in [1.54, 1.807) is 36.4 Å². The lowest BCUT2D eigenvalue weighted by Gasteiger charge is -2.28. The number of Topliss-reactive ketones (excluding diaryl/α,β-unsaturated/α-hetero) is 1. The summed E-state index contributed by atoms with van der Waals surface area (Å²) in [6.07, 6.45) is 2.77. The average molecular weight is 412 g/mol. The Kier molecular flexibility index (Phi) is 5.67. The molecule has 0 unspecified atom stereocenters. The van der Waals surface area contributed by atoms with E-state index in [1.165, 1.54) is 0 Å². The molecular formula is C23H22ClNO4. The molecule has 29 heavy (non-hydrogen) atoms. The summed E-state index contributed by atoms with van der Waals surface area (Å²) >= 11 is 5.83. The van der Waals surface area contributed by atoms with Crippen LogP contribution in [-0.2, 0) is 14.3 Å². The molecule has 2 aromatic rings. The van der Waals surface area contributed by atoms with E-state index in [4.69, 9.17) is 16.3 Å². The highest BCUT2D eigenvalue weighted by molar-refractivity contribution is 6.30. The molecule has 0 heterocycles. The number of carbonyl (C=O) groups excluding carboxylic acids is 3. The summed E-state index contributed by atoms with van der Waals surface area (Å²) in [6.45, 7) is -0.373. The summed E-state index contributed by atoms with van der Waals surface area (Å²) in [6, 6.07) is 15.8. The Hall–Kier alpha value is -2.66. The van der Waals surface area contributed by atoms with Gasteiger partial charge in [-0.2, -0.15) is 0 Å². The van der Waals surface area contributed by atoms with Gasteiger partial charge in [0.1, 0.15) is 0 Å². The van der Waals surface area contributed by atoms with Crippen LogP contribution in [0.5, 0.6) is 0 Å². The molecule has 0 saturated heterocycles. The molecule has 2 bridgehead atoms. The summed E-state index contributed by atoms with van der Waals surface area (Å²) < 4.78 is 5.32. The highest BCUT2D eigenvalue weighted by atomic mass is 35.5. The second kappa shape index (κ2) is 8.37. The van der Waals surface area contributed by atoms with Gasteiger partial charge in [-0.3, -0.25) is 14.4 Å². The van der Waals surface area contributed by atoms with Crippen molar-refractivity contribution in [2.75, 3.05) is 11.9 Å². The van der Waals surface area contributed by atoms with Gasteiger partial charge in [-0.15, -0.1) is 0 Å². The van der Waals surface area contributed by atoms with Crippen LogP contribution in [0.4, 0.5) is 5.69 Å². The van der Waals surface area contributed by atoms with Crippen LogP contribution in [0.15, 0.2) is 54.6 Å². The van der Waals surface area contributed by atoms with Crippen LogP contribution in [0.25, 0.3) is 0 Å². The molecule has 2 aliphatic rings. The zero-order chi connectivity index (χ0) is 20.4. The molecule has 2 aromatic carbocycles. The van der Waals surface area contributed by atoms with Crippen molar-refractivity contribution in [3.63, 3.8) is 0 Å². The minimum atomic E-state index is -0.468. The van der Waals surface area contributed by atoms with Gasteiger partial charge in [-0.1, -0.05) is 41.9 Å². The quantitative estimate of drug-likeness (QED) is 0.566. The highest BCUT2D eigenvalue weighted by Crippen LogP contribution is 2.53. The van der Waals surface area contributed by atoms with Crippen LogP contribution >= 0.6 is 11.6 Å².